The van der Waals surface area contributed by atoms with Crippen molar-refractivity contribution in [1.29, 1.82) is 0 Å². The van der Waals surface area contributed by atoms with Crippen molar-refractivity contribution < 1.29 is 0 Å². The summed E-state index contributed by atoms with van der Waals surface area (Å²) in [5.74, 6) is 0. The van der Waals surface area contributed by atoms with Gasteiger partial charge in [0.15, 0.2) is 0 Å². The Morgan fingerprint density at radius 2 is 1.93 bits per heavy atom. The Labute approximate surface area is 88.6 Å². The Hall–Kier alpha value is -0.980. The maximum atomic E-state index is 3.96. The lowest BCUT2D eigenvalue weighted by Crippen LogP contribution is -2.06. The third-order valence-electron chi connectivity index (χ3n) is 2.28. The maximum Gasteiger partial charge on any atom is 0.0296 e. The van der Waals surface area contributed by atoms with Crippen molar-refractivity contribution in [3.8, 4) is 0 Å². The van der Waals surface area contributed by atoms with Crippen LogP contribution in [0.3, 0.4) is 0 Å². The summed E-state index contributed by atoms with van der Waals surface area (Å²) in [7, 11) is 1.91. The highest BCUT2D eigenvalue weighted by Crippen LogP contribution is 2.11. The lowest BCUT2D eigenvalue weighted by molar-refractivity contribution is 0.904. The average molecular weight is 193 g/mol. The summed E-state index contributed by atoms with van der Waals surface area (Å²) in [4.78, 5) is 0. The predicted octanol–water partition coefficient (Wildman–Crippen LogP) is 3.80. The highest BCUT2D eigenvalue weighted by molar-refractivity contribution is 5.30. The monoisotopic (exact) mass is 193 g/mol. The predicted molar refractivity (Wildman–Crippen MR) is 65.2 cm³/mol. The van der Waals surface area contributed by atoms with Crippen molar-refractivity contribution in [3.63, 3.8) is 0 Å². The van der Waals surface area contributed by atoms with Gasteiger partial charge in [-0.2, -0.15) is 0 Å². The van der Waals surface area contributed by atoms with E-state index in [2.05, 4.69) is 44.8 Å². The van der Waals surface area contributed by atoms with E-state index in [-0.39, 0.29) is 0 Å². The minimum Gasteiger partial charge on any atom is -0.388 e. The first-order chi connectivity index (χ1) is 6.65. The highest BCUT2D eigenvalue weighted by atomic mass is 14.8. The van der Waals surface area contributed by atoms with E-state index in [4.69, 9.17) is 0 Å². The summed E-state index contributed by atoms with van der Waals surface area (Å²) in [6, 6.07) is 0. The van der Waals surface area contributed by atoms with Crippen molar-refractivity contribution in [2.45, 2.75) is 40.0 Å². The van der Waals surface area contributed by atoms with Crippen molar-refractivity contribution in [2.24, 2.45) is 0 Å². The van der Waals surface area contributed by atoms with Crippen molar-refractivity contribution >= 4 is 0 Å². The summed E-state index contributed by atoms with van der Waals surface area (Å²) in [6.07, 6.45) is 7.79. The molecule has 0 aliphatic rings. The second-order valence-electron chi connectivity index (χ2n) is 3.54. The molecule has 1 heteroatoms. The van der Waals surface area contributed by atoms with Gasteiger partial charge < -0.3 is 5.32 Å². The molecule has 0 aromatic rings. The second kappa shape index (κ2) is 7.43. The number of nitrogens with one attached hydrogen (secondary N) is 1. The average Bonchev–Trinajstić information content (AvgIpc) is 2.18. The molecule has 0 amide bonds. The molecule has 0 aromatic heterocycles. The third kappa shape index (κ3) is 4.90. The molecule has 0 atom stereocenters. The zero-order chi connectivity index (χ0) is 11.0. The molecule has 0 rings (SSSR count). The Balaban J connectivity index is 4.44. The fourth-order valence-electron chi connectivity index (χ4n) is 1.31. The summed E-state index contributed by atoms with van der Waals surface area (Å²) < 4.78 is 0. The fourth-order valence-corrected chi connectivity index (χ4v) is 1.31. The van der Waals surface area contributed by atoms with E-state index in [1.54, 1.807) is 0 Å². The van der Waals surface area contributed by atoms with Crippen LogP contribution in [0.15, 0.2) is 35.6 Å². The zero-order valence-corrected chi connectivity index (χ0v) is 9.98. The first-order valence-corrected chi connectivity index (χ1v) is 5.39. The number of rotatable bonds is 6. The van der Waals surface area contributed by atoms with E-state index in [0.717, 1.165) is 12.1 Å². The molecular weight excluding hydrogens is 170 g/mol. The number of likely N-dealkylation sites (N-methyl/N-ethyl adjacent to an activating group) is 1. The first kappa shape index (κ1) is 13.0. The van der Waals surface area contributed by atoms with E-state index < -0.39 is 0 Å². The van der Waals surface area contributed by atoms with E-state index in [1.165, 1.54) is 24.0 Å². The van der Waals surface area contributed by atoms with Crippen LogP contribution in [0.2, 0.25) is 0 Å². The molecule has 0 unspecified atom stereocenters. The molecule has 0 bridgehead atoms. The maximum absolute atomic E-state index is 3.96. The van der Waals surface area contributed by atoms with Crippen LogP contribution in [0.4, 0.5) is 0 Å². The van der Waals surface area contributed by atoms with Gasteiger partial charge in [0, 0.05) is 12.7 Å². The van der Waals surface area contributed by atoms with Gasteiger partial charge in [-0.05, 0) is 25.3 Å². The standard InChI is InChI=1S/C13H23N/c1-6-8-11(3)9-10-13(7-2)12(4)14-5/h9-10,14H,4,6-8H2,1-3,5H3/b11-9+,13-10-. The van der Waals surface area contributed by atoms with Gasteiger partial charge in [-0.25, -0.2) is 0 Å². The van der Waals surface area contributed by atoms with Crippen LogP contribution in [0.1, 0.15) is 40.0 Å². The smallest absolute Gasteiger partial charge is 0.0296 e. The quantitative estimate of drug-likeness (QED) is 0.633. The lowest BCUT2D eigenvalue weighted by atomic mass is 10.1. The van der Waals surface area contributed by atoms with E-state index in [1.807, 2.05) is 7.05 Å². The van der Waals surface area contributed by atoms with Crippen LogP contribution in [-0.4, -0.2) is 7.05 Å². The van der Waals surface area contributed by atoms with Gasteiger partial charge in [-0.1, -0.05) is 44.6 Å². The molecule has 0 aromatic carbocycles. The summed E-state index contributed by atoms with van der Waals surface area (Å²) in [5, 5.41) is 3.08. The third-order valence-corrected chi connectivity index (χ3v) is 2.28. The zero-order valence-electron chi connectivity index (χ0n) is 9.98. The second-order valence-corrected chi connectivity index (χ2v) is 3.54. The Morgan fingerprint density at radius 3 is 2.36 bits per heavy atom. The number of hydrogen-bond donors (Lipinski definition) is 1. The van der Waals surface area contributed by atoms with Crippen LogP contribution in [0, 0.1) is 0 Å². The van der Waals surface area contributed by atoms with Crippen molar-refractivity contribution in [2.75, 3.05) is 7.05 Å². The normalized spacial score (nSPS) is 12.9. The van der Waals surface area contributed by atoms with Gasteiger partial charge in [0.2, 0.25) is 0 Å². The van der Waals surface area contributed by atoms with Gasteiger partial charge in [0.05, 0.1) is 0 Å². The Bertz CT molecular complexity index is 234. The first-order valence-electron chi connectivity index (χ1n) is 5.39. The molecule has 0 aliphatic carbocycles. The van der Waals surface area contributed by atoms with Crippen LogP contribution in [0.5, 0.6) is 0 Å². The largest absolute Gasteiger partial charge is 0.388 e. The Morgan fingerprint density at radius 1 is 1.29 bits per heavy atom. The van der Waals surface area contributed by atoms with Crippen molar-refractivity contribution in [3.05, 3.63) is 35.6 Å². The molecule has 0 spiro atoms. The van der Waals surface area contributed by atoms with Gasteiger partial charge in [-0.3, -0.25) is 0 Å². The molecule has 0 saturated carbocycles. The van der Waals surface area contributed by atoms with Crippen LogP contribution >= 0.6 is 0 Å². The van der Waals surface area contributed by atoms with Gasteiger partial charge in [0.25, 0.3) is 0 Å². The van der Waals surface area contributed by atoms with Crippen molar-refractivity contribution in [1.82, 2.24) is 5.32 Å². The van der Waals surface area contributed by atoms with Gasteiger partial charge in [-0.15, -0.1) is 0 Å². The van der Waals surface area contributed by atoms with Crippen LogP contribution in [-0.2, 0) is 0 Å². The summed E-state index contributed by atoms with van der Waals surface area (Å²) >= 11 is 0. The van der Waals surface area contributed by atoms with Crippen LogP contribution < -0.4 is 5.32 Å². The molecule has 0 aliphatic heterocycles. The minimum atomic E-state index is 1.02. The minimum absolute atomic E-state index is 1.02. The molecule has 1 N–H and O–H groups in total. The molecule has 14 heavy (non-hydrogen) atoms. The summed E-state index contributed by atoms with van der Waals surface area (Å²) in [5.41, 5.74) is 3.73. The van der Waals surface area contributed by atoms with E-state index in [0.29, 0.717) is 0 Å². The molecule has 0 fully saturated rings. The summed E-state index contributed by atoms with van der Waals surface area (Å²) in [6.45, 7) is 10.5. The fraction of sp³-hybridized carbons (Fsp3) is 0.538. The topological polar surface area (TPSA) is 12.0 Å². The molecule has 0 radical (unpaired) electrons. The van der Waals surface area contributed by atoms with E-state index in [9.17, 15) is 0 Å². The molecule has 0 saturated heterocycles. The van der Waals surface area contributed by atoms with E-state index >= 15 is 0 Å². The number of allylic oxidation sites excluding steroid dienone is 4. The molecule has 0 heterocycles. The molecule has 80 valence electrons. The van der Waals surface area contributed by atoms with Crippen LogP contribution in [0.25, 0.3) is 0 Å². The van der Waals surface area contributed by atoms with Gasteiger partial charge in [0.1, 0.15) is 0 Å². The Kier molecular flexibility index (Phi) is 6.91. The molecule has 1 nitrogen and oxygen atoms in total. The highest BCUT2D eigenvalue weighted by Gasteiger charge is 1.95. The molecular formula is C13H23N. The number of hydrogen-bond acceptors (Lipinski definition) is 1. The van der Waals surface area contributed by atoms with Gasteiger partial charge >= 0.3 is 0 Å². The lowest BCUT2D eigenvalue weighted by Gasteiger charge is -2.06. The SMILES string of the molecule is C=C(NC)/C(=C\C=C(/C)CCC)CC.